The van der Waals surface area contributed by atoms with Crippen LogP contribution in [0.15, 0.2) is 29.0 Å². The molecule has 0 amide bonds. The van der Waals surface area contributed by atoms with E-state index in [-0.39, 0.29) is 21.9 Å². The van der Waals surface area contributed by atoms with Crippen molar-refractivity contribution in [2.45, 2.75) is 19.9 Å². The van der Waals surface area contributed by atoms with Crippen molar-refractivity contribution in [1.82, 2.24) is 9.78 Å². The lowest BCUT2D eigenvalue weighted by atomic mass is 10.2. The first kappa shape index (κ1) is 14.4. The third-order valence-corrected chi connectivity index (χ3v) is 3.25. The van der Waals surface area contributed by atoms with Crippen molar-refractivity contribution in [3.63, 3.8) is 0 Å². The fourth-order valence-corrected chi connectivity index (χ4v) is 1.96. The molecule has 0 spiro atoms. The highest BCUT2D eigenvalue weighted by atomic mass is 79.9. The minimum absolute atomic E-state index is 0.0487. The molecule has 1 aromatic heterocycles. The van der Waals surface area contributed by atoms with E-state index in [2.05, 4.69) is 26.3 Å². The molecule has 0 fully saturated rings. The number of hydrogen-bond donors (Lipinski definition) is 1. The number of halogens is 2. The fourth-order valence-electron chi connectivity index (χ4n) is 1.63. The summed E-state index contributed by atoms with van der Waals surface area (Å²) in [5.41, 5.74) is 0.429. The Labute approximate surface area is 122 Å². The van der Waals surface area contributed by atoms with Gasteiger partial charge in [0.25, 0.3) is 5.69 Å². The summed E-state index contributed by atoms with van der Waals surface area (Å²) in [6, 6.07) is 2.38. The van der Waals surface area contributed by atoms with Gasteiger partial charge in [0.2, 0.25) is 0 Å². The highest BCUT2D eigenvalue weighted by Gasteiger charge is 2.18. The van der Waals surface area contributed by atoms with Crippen LogP contribution in [0.25, 0.3) is 0 Å². The van der Waals surface area contributed by atoms with E-state index in [0.29, 0.717) is 5.69 Å². The fraction of sp³-hybridized carbons (Fsp3) is 0.250. The number of benzene rings is 1. The van der Waals surface area contributed by atoms with Crippen molar-refractivity contribution in [2.75, 3.05) is 5.32 Å². The second kappa shape index (κ2) is 5.58. The van der Waals surface area contributed by atoms with Crippen LogP contribution in [0.5, 0.6) is 0 Å². The molecule has 1 N–H and O–H groups in total. The van der Waals surface area contributed by atoms with Gasteiger partial charge < -0.3 is 5.32 Å². The van der Waals surface area contributed by atoms with Gasteiger partial charge in [-0.3, -0.25) is 14.8 Å². The van der Waals surface area contributed by atoms with Gasteiger partial charge in [-0.1, -0.05) is 0 Å². The first-order valence-corrected chi connectivity index (χ1v) is 6.62. The number of anilines is 2. The standard InChI is InChI=1S/C12H12BrFN4O2/c1-7(2)17-6-8(5-15-17)16-11-4-10(14)9(13)3-12(11)18(19)20/h3-7,16H,1-2H3. The van der Waals surface area contributed by atoms with Gasteiger partial charge in [0, 0.05) is 24.4 Å². The van der Waals surface area contributed by atoms with Gasteiger partial charge >= 0.3 is 0 Å². The van der Waals surface area contributed by atoms with E-state index >= 15 is 0 Å². The SMILES string of the molecule is CC(C)n1cc(Nc2cc(F)c(Br)cc2[N+](=O)[O-])cn1. The van der Waals surface area contributed by atoms with Crippen molar-refractivity contribution in [3.8, 4) is 0 Å². The topological polar surface area (TPSA) is 73.0 Å². The first-order chi connectivity index (χ1) is 9.38. The van der Waals surface area contributed by atoms with E-state index < -0.39 is 10.7 Å². The molecule has 1 aromatic carbocycles. The number of aromatic nitrogens is 2. The first-order valence-electron chi connectivity index (χ1n) is 5.83. The maximum Gasteiger partial charge on any atom is 0.294 e. The summed E-state index contributed by atoms with van der Waals surface area (Å²) in [6.07, 6.45) is 3.23. The van der Waals surface area contributed by atoms with Gasteiger partial charge in [0.1, 0.15) is 11.5 Å². The molecule has 0 aliphatic heterocycles. The van der Waals surface area contributed by atoms with Crippen molar-refractivity contribution in [1.29, 1.82) is 0 Å². The smallest absolute Gasteiger partial charge is 0.294 e. The van der Waals surface area contributed by atoms with Gasteiger partial charge in [0.05, 0.1) is 21.3 Å². The van der Waals surface area contributed by atoms with E-state index in [1.54, 1.807) is 10.9 Å². The molecule has 0 radical (unpaired) electrons. The van der Waals surface area contributed by atoms with Gasteiger partial charge in [0.15, 0.2) is 0 Å². The molecule has 0 atom stereocenters. The van der Waals surface area contributed by atoms with Crippen molar-refractivity contribution < 1.29 is 9.31 Å². The predicted molar refractivity (Wildman–Crippen MR) is 76.6 cm³/mol. The number of nitro groups is 1. The quantitative estimate of drug-likeness (QED) is 0.672. The molecule has 2 rings (SSSR count). The van der Waals surface area contributed by atoms with Crippen LogP contribution in [0.1, 0.15) is 19.9 Å². The molecule has 0 saturated heterocycles. The van der Waals surface area contributed by atoms with E-state index in [9.17, 15) is 14.5 Å². The van der Waals surface area contributed by atoms with E-state index in [1.165, 1.54) is 6.20 Å². The second-order valence-corrected chi connectivity index (χ2v) is 5.32. The van der Waals surface area contributed by atoms with Crippen LogP contribution in [0.2, 0.25) is 0 Å². The molecule has 1 heterocycles. The largest absolute Gasteiger partial charge is 0.347 e. The minimum atomic E-state index is -0.575. The van der Waals surface area contributed by atoms with Crippen molar-refractivity contribution >= 4 is 33.0 Å². The molecule has 2 aromatic rings. The Bertz CT molecular complexity index is 657. The van der Waals surface area contributed by atoms with Crippen LogP contribution >= 0.6 is 15.9 Å². The third-order valence-electron chi connectivity index (χ3n) is 2.64. The third kappa shape index (κ3) is 2.96. The Balaban J connectivity index is 2.36. The highest BCUT2D eigenvalue weighted by molar-refractivity contribution is 9.10. The van der Waals surface area contributed by atoms with Gasteiger partial charge in [-0.15, -0.1) is 0 Å². The van der Waals surface area contributed by atoms with Crippen molar-refractivity contribution in [3.05, 3.63) is 44.9 Å². The van der Waals surface area contributed by atoms with Crippen LogP contribution in [-0.4, -0.2) is 14.7 Å². The lowest BCUT2D eigenvalue weighted by molar-refractivity contribution is -0.384. The van der Waals surface area contributed by atoms with Crippen LogP contribution in [-0.2, 0) is 0 Å². The van der Waals surface area contributed by atoms with E-state index in [4.69, 9.17) is 0 Å². The van der Waals surface area contributed by atoms with Gasteiger partial charge in [-0.2, -0.15) is 5.10 Å². The van der Waals surface area contributed by atoms with E-state index in [0.717, 1.165) is 12.1 Å². The summed E-state index contributed by atoms with van der Waals surface area (Å²) in [5.74, 6) is -0.575. The summed E-state index contributed by atoms with van der Waals surface area (Å²) in [6.45, 7) is 3.91. The zero-order valence-corrected chi connectivity index (χ0v) is 12.4. The van der Waals surface area contributed by atoms with Crippen LogP contribution in [0.3, 0.4) is 0 Å². The highest BCUT2D eigenvalue weighted by Crippen LogP contribution is 2.32. The average Bonchev–Trinajstić information content (AvgIpc) is 2.82. The Morgan fingerprint density at radius 1 is 1.50 bits per heavy atom. The normalized spacial score (nSPS) is 10.8. The van der Waals surface area contributed by atoms with E-state index in [1.807, 2.05) is 13.8 Å². The summed E-state index contributed by atoms with van der Waals surface area (Å²) >= 11 is 2.93. The van der Waals surface area contributed by atoms with Crippen LogP contribution in [0, 0.1) is 15.9 Å². The molecule has 8 heteroatoms. The molecule has 0 bridgehead atoms. The Kier molecular flexibility index (Phi) is 4.03. The maximum absolute atomic E-state index is 13.5. The molecular weight excluding hydrogens is 331 g/mol. The number of nitro benzene ring substituents is 1. The summed E-state index contributed by atoms with van der Waals surface area (Å²) < 4.78 is 15.3. The zero-order chi connectivity index (χ0) is 14.9. The molecule has 6 nitrogen and oxygen atoms in total. The van der Waals surface area contributed by atoms with Gasteiger partial charge in [-0.05, 0) is 29.8 Å². The average molecular weight is 343 g/mol. The molecule has 0 unspecified atom stereocenters. The predicted octanol–water partition coefficient (Wildman–Crippen LogP) is 4.02. The lowest BCUT2D eigenvalue weighted by Gasteiger charge is -2.06. The zero-order valence-electron chi connectivity index (χ0n) is 10.8. The molecular formula is C12H12BrFN4O2. The van der Waals surface area contributed by atoms with Crippen LogP contribution in [0.4, 0.5) is 21.5 Å². The monoisotopic (exact) mass is 342 g/mol. The number of hydrogen-bond acceptors (Lipinski definition) is 4. The Hall–Kier alpha value is -1.96. The molecule has 0 aliphatic rings. The van der Waals surface area contributed by atoms with Crippen LogP contribution < -0.4 is 5.32 Å². The minimum Gasteiger partial charge on any atom is -0.347 e. The molecule has 0 aliphatic carbocycles. The molecule has 0 saturated carbocycles. The number of nitrogens with one attached hydrogen (secondary N) is 1. The van der Waals surface area contributed by atoms with Crippen molar-refractivity contribution in [2.24, 2.45) is 0 Å². The molecule has 20 heavy (non-hydrogen) atoms. The maximum atomic E-state index is 13.5. The Morgan fingerprint density at radius 3 is 2.75 bits per heavy atom. The van der Waals surface area contributed by atoms with Gasteiger partial charge in [-0.25, -0.2) is 4.39 Å². The molecule has 106 valence electrons. The summed E-state index contributed by atoms with van der Waals surface area (Å²) in [4.78, 5) is 10.4. The summed E-state index contributed by atoms with van der Waals surface area (Å²) in [7, 11) is 0. The Morgan fingerprint density at radius 2 is 2.20 bits per heavy atom. The number of rotatable bonds is 4. The lowest BCUT2D eigenvalue weighted by Crippen LogP contribution is -2.00. The summed E-state index contributed by atoms with van der Waals surface area (Å²) in [5, 5.41) is 17.9. The number of nitrogens with zero attached hydrogens (tertiary/aromatic N) is 3. The second-order valence-electron chi connectivity index (χ2n) is 4.47.